The fourth-order valence-corrected chi connectivity index (χ4v) is 0. The molecule has 0 spiro atoms. The third kappa shape index (κ3) is 22.1. The van der Waals surface area contributed by atoms with Crippen molar-refractivity contribution in [2.75, 3.05) is 0 Å². The fraction of sp³-hybridized carbons (Fsp3) is 1.00. The van der Waals surface area contributed by atoms with E-state index >= 15 is 0 Å². The van der Waals surface area contributed by atoms with Crippen LogP contribution in [0.1, 0.15) is 35.1 Å². The zero-order chi connectivity index (χ0) is 4.28. The van der Waals surface area contributed by atoms with Crippen molar-refractivity contribution < 1.29 is 0 Å². The molecule has 0 heterocycles. The zero-order valence-corrected chi connectivity index (χ0v) is 4.42. The second kappa shape index (κ2) is 9.56. The lowest BCUT2D eigenvalue weighted by Gasteiger charge is -1.87. The summed E-state index contributed by atoms with van der Waals surface area (Å²) in [4.78, 5) is 0. The Labute approximate surface area is 52.9 Å². The van der Waals surface area contributed by atoms with E-state index in [0.29, 0.717) is 5.38 Å². The molecule has 7 heavy (non-hydrogen) atoms. The first-order valence-corrected chi connectivity index (χ1v) is 2.35. The molecule has 0 aromatic carbocycles. The van der Waals surface area contributed by atoms with Crippen LogP contribution in [0.5, 0.6) is 0 Å². The van der Waals surface area contributed by atoms with E-state index in [1.54, 1.807) is 0 Å². The Hall–Kier alpha value is 0.290. The van der Waals surface area contributed by atoms with E-state index in [1.165, 1.54) is 0 Å². The average Bonchev–Trinajstić information content (AvgIpc) is 1.38. The number of alkyl halides is 1. The summed E-state index contributed by atoms with van der Waals surface area (Å²) in [6.07, 6.45) is 1.07. The molecular formula is C6H17Cl. The number of rotatable bonds is 1. The van der Waals surface area contributed by atoms with Crippen LogP contribution in [-0.4, -0.2) is 5.38 Å². The van der Waals surface area contributed by atoms with Crippen LogP contribution in [0.2, 0.25) is 0 Å². The fourth-order valence-electron chi connectivity index (χ4n) is 0. The average molecular weight is 125 g/mol. The molecule has 0 aliphatic rings. The molecule has 0 aliphatic heterocycles. The molecule has 0 N–H and O–H groups in total. The monoisotopic (exact) mass is 124 g/mol. The van der Waals surface area contributed by atoms with Crippen LogP contribution >= 0.6 is 11.6 Å². The Morgan fingerprint density at radius 1 is 1.43 bits per heavy atom. The lowest BCUT2D eigenvalue weighted by molar-refractivity contribution is 0.895. The van der Waals surface area contributed by atoms with Crippen LogP contribution in [-0.2, 0) is 0 Å². The first-order chi connectivity index (χ1) is 2.27. The normalized spacial score (nSPS) is 10.7. The van der Waals surface area contributed by atoms with E-state index < -0.39 is 0 Å². The van der Waals surface area contributed by atoms with Gasteiger partial charge in [0.1, 0.15) is 0 Å². The Bertz CT molecular complexity index is 18.1. The molecule has 0 aromatic heterocycles. The van der Waals surface area contributed by atoms with Gasteiger partial charge in [0.15, 0.2) is 0 Å². The summed E-state index contributed by atoms with van der Waals surface area (Å²) in [5.41, 5.74) is 0. The lowest BCUT2D eigenvalue weighted by atomic mass is 10.4. The van der Waals surface area contributed by atoms with Crippen LogP contribution in [0.3, 0.4) is 0 Å². The van der Waals surface area contributed by atoms with Crippen LogP contribution in [0.15, 0.2) is 0 Å². The first kappa shape index (κ1) is 15.7. The van der Waals surface area contributed by atoms with E-state index in [2.05, 4.69) is 6.92 Å². The predicted molar refractivity (Wildman–Crippen MR) is 39.1 cm³/mol. The summed E-state index contributed by atoms with van der Waals surface area (Å²) >= 11 is 5.46. The van der Waals surface area contributed by atoms with E-state index in [0.717, 1.165) is 6.42 Å². The summed E-state index contributed by atoms with van der Waals surface area (Å²) in [6, 6.07) is 0. The Balaban J connectivity index is -0.0000000800. The van der Waals surface area contributed by atoms with Gasteiger partial charge in [-0.05, 0) is 13.3 Å². The maximum atomic E-state index is 5.46. The van der Waals surface area contributed by atoms with Gasteiger partial charge < -0.3 is 0 Å². The number of hydrogen-bond acceptors (Lipinski definition) is 0. The van der Waals surface area contributed by atoms with E-state index in [9.17, 15) is 0 Å². The molecule has 0 bridgehead atoms. The topological polar surface area (TPSA) is 0 Å². The number of hydrogen-bond donors (Lipinski definition) is 0. The van der Waals surface area contributed by atoms with Crippen molar-refractivity contribution in [2.45, 2.75) is 40.5 Å². The van der Waals surface area contributed by atoms with Crippen molar-refractivity contribution >= 4 is 11.6 Å². The minimum atomic E-state index is 0. The van der Waals surface area contributed by atoms with Gasteiger partial charge in [-0.2, -0.15) is 0 Å². The molecule has 0 aromatic rings. The van der Waals surface area contributed by atoms with Gasteiger partial charge in [-0.25, -0.2) is 0 Å². The van der Waals surface area contributed by atoms with Crippen molar-refractivity contribution in [3.05, 3.63) is 0 Å². The third-order valence-corrected chi connectivity index (χ3v) is 0.871. The summed E-state index contributed by atoms with van der Waals surface area (Å²) in [5.74, 6) is 0. The highest BCUT2D eigenvalue weighted by atomic mass is 35.5. The molecule has 1 unspecified atom stereocenters. The summed E-state index contributed by atoms with van der Waals surface area (Å²) in [6.45, 7) is 4.05. The lowest BCUT2D eigenvalue weighted by Crippen LogP contribution is -1.81. The molecular weight excluding hydrogens is 108 g/mol. The van der Waals surface area contributed by atoms with Crippen molar-refractivity contribution in [2.24, 2.45) is 0 Å². The molecule has 0 aliphatic carbocycles. The van der Waals surface area contributed by atoms with Crippen molar-refractivity contribution in [1.29, 1.82) is 0 Å². The molecule has 0 amide bonds. The predicted octanol–water partition coefficient (Wildman–Crippen LogP) is 3.30. The van der Waals surface area contributed by atoms with Crippen LogP contribution < -0.4 is 0 Å². The third-order valence-electron chi connectivity index (χ3n) is 0.563. The van der Waals surface area contributed by atoms with Crippen molar-refractivity contribution in [3.63, 3.8) is 0 Å². The maximum Gasteiger partial charge on any atom is 0.0305 e. The standard InChI is InChI=1S/C4H9Cl.2CH4/c1-3-4(2)5;;/h4H,3H2,1-2H3;2*1H4. The highest BCUT2D eigenvalue weighted by Gasteiger charge is 1.83. The van der Waals surface area contributed by atoms with E-state index in [-0.39, 0.29) is 14.9 Å². The second-order valence-corrected chi connectivity index (χ2v) is 1.93. The Morgan fingerprint density at radius 3 is 1.57 bits per heavy atom. The van der Waals surface area contributed by atoms with Gasteiger partial charge in [-0.3, -0.25) is 0 Å². The first-order valence-electron chi connectivity index (χ1n) is 1.91. The van der Waals surface area contributed by atoms with Crippen molar-refractivity contribution in [1.82, 2.24) is 0 Å². The molecule has 0 radical (unpaired) electrons. The van der Waals surface area contributed by atoms with Gasteiger partial charge >= 0.3 is 0 Å². The smallest absolute Gasteiger partial charge is 0.0305 e. The van der Waals surface area contributed by atoms with Crippen molar-refractivity contribution in [3.8, 4) is 0 Å². The zero-order valence-electron chi connectivity index (χ0n) is 3.66. The van der Waals surface area contributed by atoms with Gasteiger partial charge in [0.05, 0.1) is 0 Å². The SMILES string of the molecule is C.C.CCC(C)Cl. The van der Waals surface area contributed by atoms with E-state index in [4.69, 9.17) is 11.6 Å². The van der Waals surface area contributed by atoms with E-state index in [1.807, 2.05) is 6.92 Å². The quantitative estimate of drug-likeness (QED) is 0.471. The second-order valence-electron chi connectivity index (χ2n) is 1.19. The summed E-state index contributed by atoms with van der Waals surface area (Å²) in [7, 11) is 0. The van der Waals surface area contributed by atoms with Crippen LogP contribution in [0.4, 0.5) is 0 Å². The molecule has 0 saturated carbocycles. The van der Waals surface area contributed by atoms with Gasteiger partial charge in [-0.15, -0.1) is 11.6 Å². The van der Waals surface area contributed by atoms with Crippen LogP contribution in [0.25, 0.3) is 0 Å². The minimum absolute atomic E-state index is 0. The van der Waals surface area contributed by atoms with Gasteiger partial charge in [0, 0.05) is 5.38 Å². The molecule has 0 fully saturated rings. The molecule has 1 atom stereocenters. The highest BCUT2D eigenvalue weighted by molar-refractivity contribution is 6.20. The summed E-state index contributed by atoms with van der Waals surface area (Å²) < 4.78 is 0. The Kier molecular flexibility index (Phi) is 21.4. The Morgan fingerprint density at radius 2 is 1.57 bits per heavy atom. The van der Waals surface area contributed by atoms with Crippen LogP contribution in [0, 0.1) is 0 Å². The molecule has 0 saturated heterocycles. The molecule has 0 nitrogen and oxygen atoms in total. The number of halogens is 1. The largest absolute Gasteiger partial charge is 0.123 e. The maximum absolute atomic E-state index is 5.46. The molecule has 0 rings (SSSR count). The van der Waals surface area contributed by atoms with Gasteiger partial charge in [0.2, 0.25) is 0 Å². The highest BCUT2D eigenvalue weighted by Crippen LogP contribution is 1.95. The minimum Gasteiger partial charge on any atom is -0.123 e. The molecule has 1 heteroatoms. The summed E-state index contributed by atoms with van der Waals surface area (Å²) in [5, 5.41) is 0.356. The van der Waals surface area contributed by atoms with Gasteiger partial charge in [0.25, 0.3) is 0 Å². The molecule has 48 valence electrons. The van der Waals surface area contributed by atoms with Gasteiger partial charge in [-0.1, -0.05) is 21.8 Å².